The molecule has 0 spiro atoms. The van der Waals surface area contributed by atoms with Crippen LogP contribution in [-0.4, -0.2) is 12.4 Å². The fourth-order valence-corrected chi connectivity index (χ4v) is 1.02. The summed E-state index contributed by atoms with van der Waals surface area (Å²) in [7, 11) is 0. The van der Waals surface area contributed by atoms with E-state index in [1.807, 2.05) is 32.9 Å². The minimum atomic E-state index is 0.984. The van der Waals surface area contributed by atoms with Crippen molar-refractivity contribution in [1.82, 2.24) is 0 Å². The molecule has 1 aromatic rings. The Kier molecular flexibility index (Phi) is 6.89. The maximum atomic E-state index is 6.75. The van der Waals surface area contributed by atoms with Gasteiger partial charge in [-0.1, -0.05) is 26.0 Å². The zero-order chi connectivity index (χ0) is 11.7. The minimum Gasteiger partial charge on any atom is -0.307 e. The third kappa shape index (κ3) is 4.40. The number of hydrogen-bond acceptors (Lipinski definition) is 3. The topological polar surface area (TPSA) is 48.2 Å². The van der Waals surface area contributed by atoms with E-state index < -0.39 is 0 Å². The molecule has 2 N–H and O–H groups in total. The molecule has 0 radical (unpaired) electrons. The molecule has 3 nitrogen and oxygen atoms in total. The van der Waals surface area contributed by atoms with Gasteiger partial charge in [-0.3, -0.25) is 5.43 Å². The Morgan fingerprint density at radius 1 is 1.27 bits per heavy atom. The lowest BCUT2D eigenvalue weighted by atomic mass is 10.1. The van der Waals surface area contributed by atoms with E-state index in [9.17, 15) is 0 Å². The van der Waals surface area contributed by atoms with Crippen molar-refractivity contribution in [2.24, 2.45) is 5.10 Å². The van der Waals surface area contributed by atoms with Crippen LogP contribution in [0.4, 0.5) is 5.69 Å². The van der Waals surface area contributed by atoms with Crippen LogP contribution in [0.25, 0.3) is 0 Å². The van der Waals surface area contributed by atoms with Gasteiger partial charge in [-0.25, -0.2) is 0 Å². The highest BCUT2D eigenvalue weighted by Crippen LogP contribution is 2.17. The highest BCUT2D eigenvalue weighted by molar-refractivity contribution is 6.14. The van der Waals surface area contributed by atoms with E-state index in [1.54, 1.807) is 0 Å². The molecule has 0 fully saturated rings. The van der Waals surface area contributed by atoms with E-state index >= 15 is 0 Å². The summed E-state index contributed by atoms with van der Waals surface area (Å²) in [5.41, 5.74) is 6.27. The highest BCUT2D eigenvalue weighted by Gasteiger charge is 1.97. The average molecular weight is 205 g/mol. The van der Waals surface area contributed by atoms with Gasteiger partial charge < -0.3 is 5.41 Å². The van der Waals surface area contributed by atoms with Crippen LogP contribution in [0.15, 0.2) is 23.3 Å². The summed E-state index contributed by atoms with van der Waals surface area (Å²) < 4.78 is 0. The summed E-state index contributed by atoms with van der Waals surface area (Å²) in [6, 6.07) is 6.00. The zero-order valence-corrected chi connectivity index (χ0v) is 9.83. The first-order valence-corrected chi connectivity index (χ1v) is 5.10. The summed E-state index contributed by atoms with van der Waals surface area (Å²) in [6.45, 7) is 8.10. The molecule has 0 aromatic heterocycles. The van der Waals surface area contributed by atoms with Crippen molar-refractivity contribution in [3.63, 3.8) is 0 Å². The van der Waals surface area contributed by atoms with Crippen LogP contribution in [0.1, 0.15) is 25.0 Å². The molecule has 0 amide bonds. The second-order valence-electron chi connectivity index (χ2n) is 2.80. The number of benzene rings is 1. The van der Waals surface area contributed by atoms with Gasteiger partial charge in [-0.15, -0.1) is 0 Å². The Morgan fingerprint density at radius 2 is 1.93 bits per heavy atom. The molecule has 0 unspecified atom stereocenters. The predicted molar refractivity (Wildman–Crippen MR) is 68.2 cm³/mol. The predicted octanol–water partition coefficient (Wildman–Crippen LogP) is 3.38. The van der Waals surface area contributed by atoms with Gasteiger partial charge in [0.25, 0.3) is 0 Å². The Hall–Kier alpha value is -1.64. The number of hydrazone groups is 1. The van der Waals surface area contributed by atoms with Crippen LogP contribution in [0.5, 0.6) is 0 Å². The Balaban J connectivity index is 0.000000921. The van der Waals surface area contributed by atoms with Crippen molar-refractivity contribution in [3.05, 3.63) is 29.3 Å². The van der Waals surface area contributed by atoms with E-state index in [-0.39, 0.29) is 0 Å². The molecule has 3 heteroatoms. The van der Waals surface area contributed by atoms with Gasteiger partial charge in [0.1, 0.15) is 0 Å². The van der Waals surface area contributed by atoms with E-state index in [0.717, 1.165) is 11.9 Å². The standard InChI is InChI=1S/C10H13N3.C2H6/c1-8-4-3-5-10(9(8)2)13-12-7-6-11;1-2/h3-7,11,13H,1-2H3;1-2H3/b11-6?,12-7-;. The highest BCUT2D eigenvalue weighted by atomic mass is 15.3. The Labute approximate surface area is 91.7 Å². The van der Waals surface area contributed by atoms with Crippen LogP contribution < -0.4 is 5.43 Å². The van der Waals surface area contributed by atoms with Crippen LogP contribution in [-0.2, 0) is 0 Å². The van der Waals surface area contributed by atoms with E-state index in [1.165, 1.54) is 17.3 Å². The fourth-order valence-electron chi connectivity index (χ4n) is 1.02. The first-order valence-electron chi connectivity index (χ1n) is 5.10. The van der Waals surface area contributed by atoms with Gasteiger partial charge in [0.2, 0.25) is 0 Å². The molecule has 0 aliphatic rings. The molecule has 82 valence electrons. The molecular weight excluding hydrogens is 186 g/mol. The number of rotatable bonds is 3. The van der Waals surface area contributed by atoms with E-state index in [4.69, 9.17) is 5.41 Å². The fraction of sp³-hybridized carbons (Fsp3) is 0.333. The molecule has 0 saturated carbocycles. The van der Waals surface area contributed by atoms with Crippen molar-refractivity contribution in [3.8, 4) is 0 Å². The SMILES string of the molecule is CC.Cc1cccc(N/N=C\C=N)c1C. The molecular formula is C12H19N3. The summed E-state index contributed by atoms with van der Waals surface area (Å²) in [5, 5.41) is 10.6. The third-order valence-electron chi connectivity index (χ3n) is 1.94. The second-order valence-corrected chi connectivity index (χ2v) is 2.80. The Bertz CT molecular complexity index is 330. The molecule has 1 aromatic carbocycles. The average Bonchev–Trinajstić information content (AvgIpc) is 2.27. The van der Waals surface area contributed by atoms with Gasteiger partial charge in [0.05, 0.1) is 11.9 Å². The van der Waals surface area contributed by atoms with Gasteiger partial charge in [0.15, 0.2) is 0 Å². The van der Waals surface area contributed by atoms with E-state index in [0.29, 0.717) is 0 Å². The monoisotopic (exact) mass is 205 g/mol. The van der Waals surface area contributed by atoms with Crippen LogP contribution in [0.2, 0.25) is 0 Å². The lowest BCUT2D eigenvalue weighted by molar-refractivity contribution is 1.27. The summed E-state index contributed by atoms with van der Waals surface area (Å²) in [6.07, 6.45) is 2.54. The molecule has 1 rings (SSSR count). The molecule has 0 bridgehead atoms. The van der Waals surface area contributed by atoms with Crippen molar-refractivity contribution < 1.29 is 0 Å². The first kappa shape index (κ1) is 13.4. The van der Waals surface area contributed by atoms with Gasteiger partial charge >= 0.3 is 0 Å². The first-order chi connectivity index (χ1) is 7.25. The molecule has 0 atom stereocenters. The van der Waals surface area contributed by atoms with Crippen molar-refractivity contribution >= 4 is 18.1 Å². The van der Waals surface area contributed by atoms with Crippen LogP contribution >= 0.6 is 0 Å². The molecule has 15 heavy (non-hydrogen) atoms. The molecule has 0 saturated heterocycles. The molecule has 0 heterocycles. The second kappa shape index (κ2) is 7.74. The largest absolute Gasteiger partial charge is 0.307 e. The normalized spacial score (nSPS) is 9.33. The minimum absolute atomic E-state index is 0.984. The quantitative estimate of drug-likeness (QED) is 0.576. The maximum absolute atomic E-state index is 6.75. The van der Waals surface area contributed by atoms with Gasteiger partial charge in [-0.05, 0) is 31.0 Å². The van der Waals surface area contributed by atoms with Crippen molar-refractivity contribution in [1.29, 1.82) is 5.41 Å². The van der Waals surface area contributed by atoms with Crippen molar-refractivity contribution in [2.45, 2.75) is 27.7 Å². The zero-order valence-electron chi connectivity index (χ0n) is 9.83. The maximum Gasteiger partial charge on any atom is 0.0648 e. The van der Waals surface area contributed by atoms with Gasteiger partial charge in [0, 0.05) is 6.21 Å². The van der Waals surface area contributed by atoms with E-state index in [2.05, 4.69) is 23.5 Å². The summed E-state index contributed by atoms with van der Waals surface area (Å²) in [4.78, 5) is 0. The lowest BCUT2D eigenvalue weighted by Crippen LogP contribution is -1.93. The van der Waals surface area contributed by atoms with Crippen molar-refractivity contribution in [2.75, 3.05) is 5.43 Å². The third-order valence-corrected chi connectivity index (χ3v) is 1.94. The number of hydrogen-bond donors (Lipinski definition) is 2. The lowest BCUT2D eigenvalue weighted by Gasteiger charge is -2.06. The number of anilines is 1. The summed E-state index contributed by atoms with van der Waals surface area (Å²) in [5.74, 6) is 0. The molecule has 0 aliphatic heterocycles. The van der Waals surface area contributed by atoms with Gasteiger partial charge in [-0.2, -0.15) is 5.10 Å². The molecule has 0 aliphatic carbocycles. The number of aryl methyl sites for hydroxylation is 1. The number of nitrogens with one attached hydrogen (secondary N) is 2. The smallest absolute Gasteiger partial charge is 0.0648 e. The summed E-state index contributed by atoms with van der Waals surface area (Å²) >= 11 is 0. The Morgan fingerprint density at radius 3 is 2.53 bits per heavy atom. The van der Waals surface area contributed by atoms with Crippen LogP contribution in [0, 0.1) is 19.3 Å². The van der Waals surface area contributed by atoms with Crippen LogP contribution in [0.3, 0.4) is 0 Å². The number of nitrogens with zero attached hydrogens (tertiary/aromatic N) is 1.